The number of likely N-dealkylation sites (tertiary alicyclic amines) is 1. The molecule has 1 N–H and O–H groups in total. The standard InChI is InChI=1S/C24H23FN2O2/c25-21-10-8-17(9-11-21)15-27-16-18(12-24(27)29)14-26-23(28)13-20-6-3-5-19-4-1-2-7-22(19)20/h1-11,18H,12-16H2,(H,26,28). The molecule has 5 heteroatoms. The number of benzene rings is 3. The Labute approximate surface area is 169 Å². The normalized spacial score (nSPS) is 16.4. The highest BCUT2D eigenvalue weighted by Gasteiger charge is 2.29. The van der Waals surface area contributed by atoms with E-state index >= 15 is 0 Å². The topological polar surface area (TPSA) is 49.4 Å². The maximum absolute atomic E-state index is 13.0. The lowest BCUT2D eigenvalue weighted by atomic mass is 10.0. The minimum atomic E-state index is -0.284. The maximum atomic E-state index is 13.0. The Morgan fingerprint density at radius 1 is 1.03 bits per heavy atom. The van der Waals surface area contributed by atoms with Crippen LogP contribution in [0.4, 0.5) is 4.39 Å². The molecule has 3 aromatic rings. The Bertz CT molecular complexity index is 1030. The van der Waals surface area contributed by atoms with Gasteiger partial charge >= 0.3 is 0 Å². The number of nitrogens with one attached hydrogen (secondary N) is 1. The third-order valence-electron chi connectivity index (χ3n) is 5.40. The highest BCUT2D eigenvalue weighted by Crippen LogP contribution is 2.21. The Morgan fingerprint density at radius 2 is 1.79 bits per heavy atom. The third kappa shape index (κ3) is 4.62. The van der Waals surface area contributed by atoms with Crippen molar-refractivity contribution in [3.63, 3.8) is 0 Å². The van der Waals surface area contributed by atoms with Crippen molar-refractivity contribution in [1.29, 1.82) is 0 Å². The van der Waals surface area contributed by atoms with Crippen molar-refractivity contribution in [3.05, 3.63) is 83.7 Å². The van der Waals surface area contributed by atoms with Gasteiger partial charge in [0.05, 0.1) is 6.42 Å². The second-order valence-electron chi connectivity index (χ2n) is 7.59. The van der Waals surface area contributed by atoms with Crippen LogP contribution in [0, 0.1) is 11.7 Å². The molecule has 1 aliphatic heterocycles. The lowest BCUT2D eigenvalue weighted by Gasteiger charge is -2.17. The number of fused-ring (bicyclic) bond motifs is 1. The number of hydrogen-bond acceptors (Lipinski definition) is 2. The fourth-order valence-electron chi connectivity index (χ4n) is 3.89. The van der Waals surface area contributed by atoms with Crippen LogP contribution < -0.4 is 5.32 Å². The molecule has 4 nitrogen and oxygen atoms in total. The molecule has 1 atom stereocenters. The van der Waals surface area contributed by atoms with E-state index in [0.717, 1.165) is 21.9 Å². The first-order valence-electron chi connectivity index (χ1n) is 9.84. The van der Waals surface area contributed by atoms with Crippen LogP contribution in [0.3, 0.4) is 0 Å². The number of hydrogen-bond donors (Lipinski definition) is 1. The maximum Gasteiger partial charge on any atom is 0.224 e. The first-order chi connectivity index (χ1) is 14.1. The molecule has 1 fully saturated rings. The van der Waals surface area contributed by atoms with Gasteiger partial charge in [0.1, 0.15) is 5.82 Å². The number of nitrogens with zero attached hydrogens (tertiary/aromatic N) is 1. The molecule has 1 heterocycles. The first kappa shape index (κ1) is 19.1. The molecule has 1 unspecified atom stereocenters. The van der Waals surface area contributed by atoms with Crippen molar-refractivity contribution in [1.82, 2.24) is 10.2 Å². The van der Waals surface area contributed by atoms with E-state index in [2.05, 4.69) is 5.32 Å². The van der Waals surface area contributed by atoms with E-state index in [9.17, 15) is 14.0 Å². The molecular weight excluding hydrogens is 367 g/mol. The second-order valence-corrected chi connectivity index (χ2v) is 7.59. The van der Waals surface area contributed by atoms with Crippen molar-refractivity contribution in [2.75, 3.05) is 13.1 Å². The molecule has 4 rings (SSSR count). The van der Waals surface area contributed by atoms with Gasteiger partial charge in [0.25, 0.3) is 0 Å². The Balaban J connectivity index is 1.30. The van der Waals surface area contributed by atoms with Gasteiger partial charge in [-0.2, -0.15) is 0 Å². The predicted molar refractivity (Wildman–Crippen MR) is 111 cm³/mol. The minimum absolute atomic E-state index is 0.0363. The Morgan fingerprint density at radius 3 is 2.62 bits per heavy atom. The average molecular weight is 390 g/mol. The zero-order chi connectivity index (χ0) is 20.2. The van der Waals surface area contributed by atoms with Gasteiger partial charge in [0, 0.05) is 32.0 Å². The quantitative estimate of drug-likeness (QED) is 0.698. The largest absolute Gasteiger partial charge is 0.355 e. The van der Waals surface area contributed by atoms with Crippen LogP contribution in [0.5, 0.6) is 0 Å². The van der Waals surface area contributed by atoms with E-state index < -0.39 is 0 Å². The van der Waals surface area contributed by atoms with Gasteiger partial charge in [-0.25, -0.2) is 4.39 Å². The third-order valence-corrected chi connectivity index (χ3v) is 5.40. The number of carbonyl (C=O) groups excluding carboxylic acids is 2. The molecule has 2 amide bonds. The molecule has 0 saturated carbocycles. The molecule has 3 aromatic carbocycles. The van der Waals surface area contributed by atoms with E-state index in [1.165, 1.54) is 12.1 Å². The van der Waals surface area contributed by atoms with Crippen LogP contribution in [0.25, 0.3) is 10.8 Å². The number of rotatable bonds is 6. The summed E-state index contributed by atoms with van der Waals surface area (Å²) < 4.78 is 13.0. The van der Waals surface area contributed by atoms with Crippen molar-refractivity contribution in [2.24, 2.45) is 5.92 Å². The predicted octanol–water partition coefficient (Wildman–Crippen LogP) is 3.69. The summed E-state index contributed by atoms with van der Waals surface area (Å²) in [5.74, 6) is -0.152. The van der Waals surface area contributed by atoms with Crippen LogP contribution in [-0.4, -0.2) is 29.8 Å². The zero-order valence-electron chi connectivity index (χ0n) is 16.1. The molecular formula is C24H23FN2O2. The minimum Gasteiger partial charge on any atom is -0.355 e. The van der Waals surface area contributed by atoms with E-state index in [-0.39, 0.29) is 23.5 Å². The van der Waals surface area contributed by atoms with Crippen LogP contribution >= 0.6 is 0 Å². The Hall–Kier alpha value is -3.21. The molecule has 0 aromatic heterocycles. The SMILES string of the molecule is O=C(Cc1cccc2ccccc12)NCC1CC(=O)N(Cc2ccc(F)cc2)C1. The molecule has 0 bridgehead atoms. The van der Waals surface area contributed by atoms with Crippen LogP contribution in [0.1, 0.15) is 17.5 Å². The molecule has 148 valence electrons. The molecule has 29 heavy (non-hydrogen) atoms. The highest BCUT2D eigenvalue weighted by molar-refractivity contribution is 5.90. The summed E-state index contributed by atoms with van der Waals surface area (Å²) in [4.78, 5) is 26.5. The van der Waals surface area contributed by atoms with Crippen molar-refractivity contribution < 1.29 is 14.0 Å². The average Bonchev–Trinajstić information content (AvgIpc) is 3.08. The monoisotopic (exact) mass is 390 g/mol. The molecule has 0 radical (unpaired) electrons. The van der Waals surface area contributed by atoms with Gasteiger partial charge in [-0.15, -0.1) is 0 Å². The van der Waals surface area contributed by atoms with Gasteiger partial charge in [-0.1, -0.05) is 54.6 Å². The number of halogens is 1. The highest BCUT2D eigenvalue weighted by atomic mass is 19.1. The summed E-state index contributed by atoms with van der Waals surface area (Å²) in [6, 6.07) is 20.2. The van der Waals surface area contributed by atoms with Gasteiger partial charge in [-0.05, 0) is 34.0 Å². The fraction of sp³-hybridized carbons (Fsp3) is 0.250. The first-order valence-corrected chi connectivity index (χ1v) is 9.84. The summed E-state index contributed by atoms with van der Waals surface area (Å²) in [5.41, 5.74) is 1.90. The lowest BCUT2D eigenvalue weighted by Crippen LogP contribution is -2.32. The van der Waals surface area contributed by atoms with E-state index in [1.54, 1.807) is 17.0 Å². The summed E-state index contributed by atoms with van der Waals surface area (Å²) in [6.07, 6.45) is 0.747. The van der Waals surface area contributed by atoms with Crippen LogP contribution in [-0.2, 0) is 22.6 Å². The van der Waals surface area contributed by atoms with Crippen molar-refractivity contribution in [2.45, 2.75) is 19.4 Å². The van der Waals surface area contributed by atoms with Crippen LogP contribution in [0.15, 0.2) is 66.7 Å². The summed E-state index contributed by atoms with van der Waals surface area (Å²) in [7, 11) is 0. The number of amides is 2. The molecule has 1 aliphatic rings. The van der Waals surface area contributed by atoms with E-state index in [0.29, 0.717) is 32.5 Å². The number of carbonyl (C=O) groups is 2. The molecule has 1 saturated heterocycles. The van der Waals surface area contributed by atoms with Gasteiger partial charge < -0.3 is 10.2 Å². The van der Waals surface area contributed by atoms with Crippen LogP contribution in [0.2, 0.25) is 0 Å². The summed E-state index contributed by atoms with van der Waals surface area (Å²) in [6.45, 7) is 1.56. The van der Waals surface area contributed by atoms with Crippen molar-refractivity contribution in [3.8, 4) is 0 Å². The van der Waals surface area contributed by atoms with Crippen molar-refractivity contribution >= 4 is 22.6 Å². The van der Waals surface area contributed by atoms with Gasteiger partial charge in [0.15, 0.2) is 0 Å². The van der Waals surface area contributed by atoms with E-state index in [1.807, 2.05) is 42.5 Å². The van der Waals surface area contributed by atoms with E-state index in [4.69, 9.17) is 0 Å². The lowest BCUT2D eigenvalue weighted by molar-refractivity contribution is -0.128. The fourth-order valence-corrected chi connectivity index (χ4v) is 3.89. The molecule has 0 aliphatic carbocycles. The zero-order valence-corrected chi connectivity index (χ0v) is 16.1. The van der Waals surface area contributed by atoms with Gasteiger partial charge in [-0.3, -0.25) is 9.59 Å². The Kier molecular flexibility index (Phi) is 5.56. The smallest absolute Gasteiger partial charge is 0.224 e. The summed E-state index contributed by atoms with van der Waals surface area (Å²) >= 11 is 0. The van der Waals surface area contributed by atoms with Gasteiger partial charge in [0.2, 0.25) is 11.8 Å². The second kappa shape index (κ2) is 8.43. The molecule has 0 spiro atoms. The summed E-state index contributed by atoms with van der Waals surface area (Å²) in [5, 5.41) is 5.19.